The van der Waals surface area contributed by atoms with Crippen LogP contribution in [-0.2, 0) is 6.42 Å². The first-order chi connectivity index (χ1) is 7.11. The summed E-state index contributed by atoms with van der Waals surface area (Å²) in [6, 6.07) is 0. The first-order valence-corrected chi connectivity index (χ1v) is 6.87. The van der Waals surface area contributed by atoms with Gasteiger partial charge in [-0.25, -0.2) is 4.98 Å². The molecule has 2 heteroatoms. The molecule has 0 radical (unpaired) electrons. The number of aromatic nitrogens is 1. The maximum atomic E-state index is 4.58. The van der Waals surface area contributed by atoms with Crippen LogP contribution in [0.2, 0.25) is 0 Å². The summed E-state index contributed by atoms with van der Waals surface area (Å²) in [5, 5.41) is 1.39. The summed E-state index contributed by atoms with van der Waals surface area (Å²) >= 11 is 1.93. The zero-order chi connectivity index (χ0) is 10.9. The lowest BCUT2D eigenvalue weighted by molar-refractivity contribution is 0.224. The lowest BCUT2D eigenvalue weighted by Crippen LogP contribution is -2.20. The molecular formula is C13H21NS. The highest BCUT2D eigenvalue weighted by atomic mass is 32.1. The van der Waals surface area contributed by atoms with Gasteiger partial charge in [-0.05, 0) is 37.5 Å². The zero-order valence-electron chi connectivity index (χ0n) is 10.0. The second-order valence-electron chi connectivity index (χ2n) is 5.46. The van der Waals surface area contributed by atoms with Gasteiger partial charge in [0, 0.05) is 17.0 Å². The molecule has 15 heavy (non-hydrogen) atoms. The van der Waals surface area contributed by atoms with E-state index in [0.717, 1.165) is 12.3 Å². The smallest absolute Gasteiger partial charge is 0.0958 e. The van der Waals surface area contributed by atoms with E-state index in [1.54, 1.807) is 0 Å². The van der Waals surface area contributed by atoms with E-state index in [2.05, 4.69) is 32.0 Å². The largest absolute Gasteiger partial charge is 0.249 e. The fourth-order valence-electron chi connectivity index (χ4n) is 2.32. The second kappa shape index (κ2) is 4.25. The molecule has 0 N–H and O–H groups in total. The summed E-state index contributed by atoms with van der Waals surface area (Å²) < 4.78 is 0. The quantitative estimate of drug-likeness (QED) is 0.724. The highest BCUT2D eigenvalue weighted by Crippen LogP contribution is 2.43. The third kappa shape index (κ3) is 2.60. The molecule has 84 valence electrons. The second-order valence-corrected chi connectivity index (χ2v) is 6.60. The van der Waals surface area contributed by atoms with Gasteiger partial charge < -0.3 is 0 Å². The Morgan fingerprint density at radius 3 is 2.60 bits per heavy atom. The Morgan fingerprint density at radius 2 is 2.07 bits per heavy atom. The summed E-state index contributed by atoms with van der Waals surface area (Å²) in [4.78, 5) is 6.02. The van der Waals surface area contributed by atoms with Crippen LogP contribution >= 0.6 is 11.3 Å². The van der Waals surface area contributed by atoms with Crippen molar-refractivity contribution in [1.82, 2.24) is 4.98 Å². The molecule has 1 heterocycles. The molecule has 0 spiro atoms. The molecule has 0 saturated heterocycles. The van der Waals surface area contributed by atoms with Crippen molar-refractivity contribution in [2.75, 3.05) is 0 Å². The van der Waals surface area contributed by atoms with Gasteiger partial charge >= 0.3 is 0 Å². The van der Waals surface area contributed by atoms with Gasteiger partial charge in [-0.3, -0.25) is 0 Å². The Morgan fingerprint density at radius 1 is 1.40 bits per heavy atom. The van der Waals surface area contributed by atoms with Gasteiger partial charge in [0.1, 0.15) is 0 Å². The summed E-state index contributed by atoms with van der Waals surface area (Å²) in [5.74, 6) is 0.753. The van der Waals surface area contributed by atoms with Crippen LogP contribution in [0.15, 0.2) is 6.20 Å². The van der Waals surface area contributed by atoms with E-state index in [1.165, 1.54) is 35.6 Å². The molecule has 1 aliphatic carbocycles. The van der Waals surface area contributed by atoms with Crippen molar-refractivity contribution >= 4 is 11.3 Å². The van der Waals surface area contributed by atoms with Gasteiger partial charge in [-0.15, -0.1) is 11.3 Å². The lowest BCUT2D eigenvalue weighted by Gasteiger charge is -2.33. The fraction of sp³-hybridized carbons (Fsp3) is 0.769. The van der Waals surface area contributed by atoms with Gasteiger partial charge in [0.15, 0.2) is 0 Å². The molecule has 1 aliphatic rings. The zero-order valence-corrected chi connectivity index (χ0v) is 10.9. The van der Waals surface area contributed by atoms with Crippen LogP contribution in [0, 0.1) is 5.41 Å². The Bertz CT molecular complexity index is 317. The molecule has 0 amide bonds. The summed E-state index contributed by atoms with van der Waals surface area (Å²) in [6.45, 7) is 6.99. The lowest BCUT2D eigenvalue weighted by atomic mass is 9.73. The number of hydrogen-bond acceptors (Lipinski definition) is 2. The molecule has 0 unspecified atom stereocenters. The van der Waals surface area contributed by atoms with Gasteiger partial charge in [0.25, 0.3) is 0 Å². The molecule has 1 nitrogen and oxygen atoms in total. The molecule has 2 rings (SSSR count). The number of thiazole rings is 1. The molecule has 0 bridgehead atoms. The standard InChI is InChI=1S/C13H21NS/c1-4-11-9-14-12(15-11)10-5-7-13(2,3)8-6-10/h9-10H,4-8H2,1-3H3. The van der Waals surface area contributed by atoms with Gasteiger partial charge in [0.05, 0.1) is 5.01 Å². The van der Waals surface area contributed by atoms with Crippen molar-refractivity contribution in [3.05, 3.63) is 16.1 Å². The SMILES string of the molecule is CCc1cnc(C2CCC(C)(C)CC2)s1. The van der Waals surface area contributed by atoms with Crippen LogP contribution in [0.3, 0.4) is 0 Å². The van der Waals surface area contributed by atoms with E-state index < -0.39 is 0 Å². The van der Waals surface area contributed by atoms with Crippen LogP contribution in [0.4, 0.5) is 0 Å². The van der Waals surface area contributed by atoms with E-state index >= 15 is 0 Å². The minimum absolute atomic E-state index is 0.571. The Kier molecular flexibility index (Phi) is 3.15. The highest BCUT2D eigenvalue weighted by Gasteiger charge is 2.28. The van der Waals surface area contributed by atoms with Crippen molar-refractivity contribution < 1.29 is 0 Å². The third-order valence-corrected chi connectivity index (χ3v) is 4.91. The summed E-state index contributed by atoms with van der Waals surface area (Å²) in [5.41, 5.74) is 0.571. The first-order valence-electron chi connectivity index (χ1n) is 6.05. The van der Waals surface area contributed by atoms with Crippen LogP contribution < -0.4 is 0 Å². The third-order valence-electron chi connectivity index (χ3n) is 3.61. The van der Waals surface area contributed by atoms with Crippen LogP contribution in [0.5, 0.6) is 0 Å². The van der Waals surface area contributed by atoms with Crippen LogP contribution in [0.1, 0.15) is 62.3 Å². The van der Waals surface area contributed by atoms with Crippen LogP contribution in [-0.4, -0.2) is 4.98 Å². The molecule has 1 fully saturated rings. The number of rotatable bonds is 2. The maximum Gasteiger partial charge on any atom is 0.0958 e. The fourth-order valence-corrected chi connectivity index (χ4v) is 3.35. The topological polar surface area (TPSA) is 12.9 Å². The first kappa shape index (κ1) is 11.1. The summed E-state index contributed by atoms with van der Waals surface area (Å²) in [6.07, 6.45) is 8.60. The van der Waals surface area contributed by atoms with Gasteiger partial charge in [-0.2, -0.15) is 0 Å². The molecule has 1 saturated carbocycles. The summed E-state index contributed by atoms with van der Waals surface area (Å²) in [7, 11) is 0. The van der Waals surface area contributed by atoms with Crippen molar-refractivity contribution in [3.8, 4) is 0 Å². The molecule has 0 atom stereocenters. The average molecular weight is 223 g/mol. The minimum atomic E-state index is 0.571. The van der Waals surface area contributed by atoms with Gasteiger partial charge in [-0.1, -0.05) is 20.8 Å². The van der Waals surface area contributed by atoms with E-state index in [9.17, 15) is 0 Å². The predicted octanol–water partition coefficient (Wildman–Crippen LogP) is 4.39. The molecule has 1 aromatic rings. The van der Waals surface area contributed by atoms with Crippen LogP contribution in [0.25, 0.3) is 0 Å². The molecular weight excluding hydrogens is 202 g/mol. The number of hydrogen-bond donors (Lipinski definition) is 0. The van der Waals surface area contributed by atoms with Crippen molar-refractivity contribution in [3.63, 3.8) is 0 Å². The number of aryl methyl sites for hydroxylation is 1. The Hall–Kier alpha value is -0.370. The van der Waals surface area contributed by atoms with E-state index in [1.807, 2.05) is 11.3 Å². The van der Waals surface area contributed by atoms with E-state index in [0.29, 0.717) is 5.41 Å². The molecule has 0 aromatic carbocycles. The molecule has 0 aliphatic heterocycles. The predicted molar refractivity (Wildman–Crippen MR) is 66.5 cm³/mol. The Balaban J connectivity index is 2.01. The number of nitrogens with zero attached hydrogens (tertiary/aromatic N) is 1. The van der Waals surface area contributed by atoms with Crippen molar-refractivity contribution in [2.45, 2.75) is 58.8 Å². The molecule has 1 aromatic heterocycles. The highest BCUT2D eigenvalue weighted by molar-refractivity contribution is 7.11. The monoisotopic (exact) mass is 223 g/mol. The average Bonchev–Trinajstić information content (AvgIpc) is 2.66. The van der Waals surface area contributed by atoms with Gasteiger partial charge in [0.2, 0.25) is 0 Å². The van der Waals surface area contributed by atoms with Crippen molar-refractivity contribution in [1.29, 1.82) is 0 Å². The minimum Gasteiger partial charge on any atom is -0.249 e. The van der Waals surface area contributed by atoms with Crippen molar-refractivity contribution in [2.24, 2.45) is 5.41 Å². The Labute approximate surface area is 96.9 Å². The normalized spacial score (nSPS) is 21.8. The van der Waals surface area contributed by atoms with E-state index in [-0.39, 0.29) is 0 Å². The van der Waals surface area contributed by atoms with E-state index in [4.69, 9.17) is 0 Å². The maximum absolute atomic E-state index is 4.58.